The Morgan fingerprint density at radius 3 is 2.70 bits per heavy atom. The van der Waals surface area contributed by atoms with Gasteiger partial charge in [0, 0.05) is 11.4 Å². The normalized spacial score (nSPS) is 18.8. The fourth-order valence-electron chi connectivity index (χ4n) is 3.69. The van der Waals surface area contributed by atoms with E-state index in [4.69, 9.17) is 0 Å². The van der Waals surface area contributed by atoms with Crippen LogP contribution < -0.4 is 10.9 Å². The second-order valence-electron chi connectivity index (χ2n) is 6.84. The Morgan fingerprint density at radius 2 is 1.93 bits per heavy atom. The van der Waals surface area contributed by atoms with Gasteiger partial charge in [-0.15, -0.1) is 22.7 Å². The molecule has 1 aliphatic carbocycles. The molecule has 2 N–H and O–H groups in total. The average molecular weight is 404 g/mol. The van der Waals surface area contributed by atoms with E-state index in [2.05, 4.69) is 10.9 Å². The van der Waals surface area contributed by atoms with Gasteiger partial charge in [0.15, 0.2) is 0 Å². The molecule has 2 aromatic heterocycles. The highest BCUT2D eigenvalue weighted by Crippen LogP contribution is 2.29. The second-order valence-corrected chi connectivity index (χ2v) is 8.93. The fourth-order valence-corrected chi connectivity index (χ4v) is 5.52. The third-order valence-corrected chi connectivity index (χ3v) is 7.16. The lowest BCUT2D eigenvalue weighted by Gasteiger charge is -2.23. The van der Waals surface area contributed by atoms with Crippen molar-refractivity contribution in [1.82, 2.24) is 15.8 Å². The van der Waals surface area contributed by atoms with Crippen LogP contribution in [0.5, 0.6) is 0 Å². The second kappa shape index (κ2) is 7.82. The summed E-state index contributed by atoms with van der Waals surface area (Å²) in [6.45, 7) is 0.556. The van der Waals surface area contributed by atoms with Crippen LogP contribution in [0.1, 0.15) is 55.5 Å². The topological polar surface area (TPSA) is 78.5 Å². The Morgan fingerprint density at radius 1 is 1.07 bits per heavy atom. The van der Waals surface area contributed by atoms with Gasteiger partial charge in [0.05, 0.1) is 9.75 Å². The van der Waals surface area contributed by atoms with Crippen molar-refractivity contribution in [2.75, 3.05) is 6.54 Å². The molecule has 2 aliphatic rings. The third-order valence-electron chi connectivity index (χ3n) is 5.07. The molecule has 0 radical (unpaired) electrons. The van der Waals surface area contributed by atoms with Crippen LogP contribution in [-0.4, -0.2) is 35.2 Å². The van der Waals surface area contributed by atoms with Gasteiger partial charge in [-0.25, -0.2) is 0 Å². The van der Waals surface area contributed by atoms with Crippen LogP contribution >= 0.6 is 22.7 Å². The number of hydrogen-bond acceptors (Lipinski definition) is 5. The number of amides is 3. The zero-order chi connectivity index (χ0) is 18.8. The zero-order valence-electron chi connectivity index (χ0n) is 14.8. The molecule has 0 spiro atoms. The van der Waals surface area contributed by atoms with E-state index in [0.717, 1.165) is 25.7 Å². The predicted octanol–water partition coefficient (Wildman–Crippen LogP) is 2.75. The Balaban J connectivity index is 1.36. The van der Waals surface area contributed by atoms with Crippen LogP contribution in [-0.2, 0) is 17.6 Å². The third kappa shape index (κ3) is 3.77. The molecular formula is C19H21N3O3S2. The number of nitrogens with zero attached hydrogens (tertiary/aromatic N) is 1. The Labute approximate surface area is 165 Å². The van der Waals surface area contributed by atoms with E-state index in [0.29, 0.717) is 22.7 Å². The summed E-state index contributed by atoms with van der Waals surface area (Å²) in [7, 11) is 0. The molecule has 8 heteroatoms. The lowest BCUT2D eigenvalue weighted by Crippen LogP contribution is -2.51. The first-order chi connectivity index (χ1) is 13.1. The monoisotopic (exact) mass is 403 g/mol. The number of fused-ring (bicyclic) bond motifs is 1. The Kier molecular flexibility index (Phi) is 5.27. The highest BCUT2D eigenvalue weighted by atomic mass is 32.1. The maximum absolute atomic E-state index is 12.6. The maximum Gasteiger partial charge on any atom is 0.279 e. The molecule has 2 aromatic rings. The summed E-state index contributed by atoms with van der Waals surface area (Å²) in [4.78, 5) is 41.6. The van der Waals surface area contributed by atoms with Crippen LogP contribution in [0, 0.1) is 0 Å². The molecule has 6 nitrogen and oxygen atoms in total. The van der Waals surface area contributed by atoms with Crippen LogP contribution in [0.3, 0.4) is 0 Å². The SMILES string of the molecule is O=C(NNC(=O)[C@@H]1CCCN1C(=O)c1cccs1)c1cc2c(s1)CCCC2. The standard InChI is InChI=1S/C19H21N3O3S2/c23-17(13-6-3-9-22(13)19(25)15-8-4-10-26-15)20-21-18(24)16-11-12-5-1-2-7-14(12)27-16/h4,8,10-11,13H,1-3,5-7,9H2,(H,20,23)(H,21,24)/t13-/m0/s1. The van der Waals surface area contributed by atoms with Gasteiger partial charge in [0.1, 0.15) is 6.04 Å². The van der Waals surface area contributed by atoms with Gasteiger partial charge >= 0.3 is 0 Å². The highest BCUT2D eigenvalue weighted by molar-refractivity contribution is 7.14. The lowest BCUT2D eigenvalue weighted by molar-refractivity contribution is -0.125. The molecule has 142 valence electrons. The quantitative estimate of drug-likeness (QED) is 0.774. The molecule has 27 heavy (non-hydrogen) atoms. The average Bonchev–Trinajstić information content (AvgIpc) is 3.44. The molecule has 1 saturated heterocycles. The smallest absolute Gasteiger partial charge is 0.279 e. The lowest BCUT2D eigenvalue weighted by atomic mass is 9.99. The van der Waals surface area contributed by atoms with Gasteiger partial charge in [0.2, 0.25) is 0 Å². The van der Waals surface area contributed by atoms with Gasteiger partial charge in [-0.1, -0.05) is 6.07 Å². The number of likely N-dealkylation sites (tertiary alicyclic amines) is 1. The number of thiophene rings is 2. The van der Waals surface area contributed by atoms with Crippen molar-refractivity contribution < 1.29 is 14.4 Å². The Hall–Kier alpha value is -2.19. The van der Waals surface area contributed by atoms with E-state index >= 15 is 0 Å². The molecule has 0 unspecified atom stereocenters. The van der Waals surface area contributed by atoms with Gasteiger partial charge in [-0.3, -0.25) is 25.2 Å². The molecule has 0 aromatic carbocycles. The number of carbonyl (C=O) groups excluding carboxylic acids is 3. The van der Waals surface area contributed by atoms with E-state index in [1.807, 2.05) is 17.5 Å². The number of rotatable bonds is 3. The largest absolute Gasteiger partial charge is 0.326 e. The molecule has 0 saturated carbocycles. The van der Waals surface area contributed by atoms with Gasteiger partial charge in [-0.2, -0.15) is 0 Å². The summed E-state index contributed by atoms with van der Waals surface area (Å²) in [6, 6.07) is 4.98. The molecule has 1 fully saturated rings. The van der Waals surface area contributed by atoms with E-state index in [9.17, 15) is 14.4 Å². The molecule has 0 bridgehead atoms. The summed E-state index contributed by atoms with van der Waals surface area (Å²) in [5, 5.41) is 1.85. The van der Waals surface area contributed by atoms with Crippen LogP contribution in [0.15, 0.2) is 23.6 Å². The summed E-state index contributed by atoms with van der Waals surface area (Å²) < 4.78 is 0. The molecule has 3 heterocycles. The molecular weight excluding hydrogens is 382 g/mol. The van der Waals surface area contributed by atoms with Gasteiger partial charge in [0.25, 0.3) is 17.7 Å². The van der Waals surface area contributed by atoms with Crippen molar-refractivity contribution in [3.63, 3.8) is 0 Å². The molecule has 1 atom stereocenters. The van der Waals surface area contributed by atoms with Crippen molar-refractivity contribution in [1.29, 1.82) is 0 Å². The zero-order valence-corrected chi connectivity index (χ0v) is 16.5. The van der Waals surface area contributed by atoms with Gasteiger partial charge < -0.3 is 4.90 Å². The predicted molar refractivity (Wildman–Crippen MR) is 105 cm³/mol. The summed E-state index contributed by atoms with van der Waals surface area (Å²) in [5.74, 6) is -0.760. The van der Waals surface area contributed by atoms with Crippen LogP contribution in [0.2, 0.25) is 0 Å². The van der Waals surface area contributed by atoms with Crippen molar-refractivity contribution in [2.24, 2.45) is 0 Å². The minimum absolute atomic E-state index is 0.125. The summed E-state index contributed by atoms with van der Waals surface area (Å²) >= 11 is 2.87. The van der Waals surface area contributed by atoms with Crippen molar-refractivity contribution >= 4 is 40.4 Å². The van der Waals surface area contributed by atoms with E-state index in [1.165, 1.54) is 39.5 Å². The van der Waals surface area contributed by atoms with Crippen molar-refractivity contribution in [3.05, 3.63) is 43.8 Å². The highest BCUT2D eigenvalue weighted by Gasteiger charge is 2.35. The van der Waals surface area contributed by atoms with Gasteiger partial charge in [-0.05, 0) is 61.6 Å². The van der Waals surface area contributed by atoms with E-state index in [-0.39, 0.29) is 17.7 Å². The first kappa shape index (κ1) is 18.2. The molecule has 1 aliphatic heterocycles. The summed E-state index contributed by atoms with van der Waals surface area (Å²) in [6.07, 6.45) is 5.76. The van der Waals surface area contributed by atoms with Crippen molar-refractivity contribution in [2.45, 2.75) is 44.6 Å². The first-order valence-corrected chi connectivity index (χ1v) is 10.9. The number of hydrogen-bond donors (Lipinski definition) is 2. The number of nitrogens with one attached hydrogen (secondary N) is 2. The fraction of sp³-hybridized carbons (Fsp3) is 0.421. The summed E-state index contributed by atoms with van der Waals surface area (Å²) in [5.41, 5.74) is 6.28. The van der Waals surface area contributed by atoms with E-state index < -0.39 is 6.04 Å². The van der Waals surface area contributed by atoms with Crippen LogP contribution in [0.4, 0.5) is 0 Å². The number of aryl methyl sites for hydroxylation is 2. The van der Waals surface area contributed by atoms with Crippen molar-refractivity contribution in [3.8, 4) is 0 Å². The van der Waals surface area contributed by atoms with Crippen LogP contribution in [0.25, 0.3) is 0 Å². The molecule has 4 rings (SSSR count). The number of hydrazine groups is 1. The van der Waals surface area contributed by atoms with E-state index in [1.54, 1.807) is 11.0 Å². The first-order valence-electron chi connectivity index (χ1n) is 9.20. The minimum Gasteiger partial charge on any atom is -0.326 e. The maximum atomic E-state index is 12.6. The number of carbonyl (C=O) groups is 3. The minimum atomic E-state index is -0.545. The molecule has 3 amide bonds. The Bertz CT molecular complexity index is 836.